The molecular formula is C24H49BN5OV-3. The van der Waals surface area contributed by atoms with Crippen LogP contribution in [0.3, 0.4) is 0 Å². The number of carbonyl (C=O) groups is 1. The monoisotopic (exact) mass is 485 g/mol. The minimum atomic E-state index is 0. The van der Waals surface area contributed by atoms with Crippen LogP contribution in [0.1, 0.15) is 28.4 Å². The molecule has 0 heterocycles. The van der Waals surface area contributed by atoms with Crippen molar-refractivity contribution in [2.24, 2.45) is 0 Å². The van der Waals surface area contributed by atoms with Gasteiger partial charge in [-0.25, -0.2) is 0 Å². The van der Waals surface area contributed by atoms with E-state index in [1.807, 2.05) is 94.6 Å². The fraction of sp³-hybridized carbons (Fsp3) is 0.583. The third kappa shape index (κ3) is 31.5. The van der Waals surface area contributed by atoms with Crippen molar-refractivity contribution < 1.29 is 23.4 Å². The molecule has 0 aliphatic heterocycles. The van der Waals surface area contributed by atoms with Crippen molar-refractivity contribution in [1.29, 1.82) is 0 Å². The van der Waals surface area contributed by atoms with Crippen LogP contribution in [-0.2, 0) is 31.6 Å². The van der Waals surface area contributed by atoms with Gasteiger partial charge in [-0.15, -0.1) is 0 Å². The van der Waals surface area contributed by atoms with Crippen LogP contribution >= 0.6 is 0 Å². The molecule has 3 radical (unpaired) electrons. The summed E-state index contributed by atoms with van der Waals surface area (Å²) in [6.07, 6.45) is 0. The first-order valence-corrected chi connectivity index (χ1v) is 9.79. The van der Waals surface area contributed by atoms with Gasteiger partial charge in [0.2, 0.25) is 0 Å². The minimum absolute atomic E-state index is 0. The van der Waals surface area contributed by atoms with E-state index < -0.39 is 0 Å². The van der Waals surface area contributed by atoms with Crippen molar-refractivity contribution in [2.45, 2.75) is 20.0 Å². The molecule has 0 atom stereocenters. The Morgan fingerprint density at radius 2 is 1.00 bits per heavy atom. The molecule has 0 N–H and O–H groups in total. The van der Waals surface area contributed by atoms with Gasteiger partial charge in [0.1, 0.15) is 7.85 Å². The first-order valence-electron chi connectivity index (χ1n) is 9.79. The Morgan fingerprint density at radius 1 is 0.781 bits per heavy atom. The Morgan fingerprint density at radius 3 is 1.16 bits per heavy atom. The second kappa shape index (κ2) is 23.5. The van der Waals surface area contributed by atoms with E-state index in [4.69, 9.17) is 7.85 Å². The molecule has 1 rings (SSSR count). The summed E-state index contributed by atoms with van der Waals surface area (Å²) in [4.78, 5) is 21.2. The molecular weight excluding hydrogens is 436 g/mol. The number of carbonyl (C=O) groups excluding carboxylic acids is 1. The summed E-state index contributed by atoms with van der Waals surface area (Å²) in [5, 5.41) is 0. The molecule has 0 aliphatic carbocycles. The number of Topliss-reactive ketones (excluding diaryl/α,β-unsaturated/α-hetero) is 1. The molecule has 0 aromatic heterocycles. The van der Waals surface area contributed by atoms with Gasteiger partial charge in [-0.3, -0.25) is 18.9 Å². The Bertz CT molecular complexity index is 526. The standard InChI is InChI=1S/C14H21BN2O.C3H9N.2C3H8N.CH3.V/c1-10(18)11-6-12(8-16(2)3)14(15)13(7-11)9-17(4)5;3*1-4(2)3;;/h6-7H,8-9H2,1-5H3;1-3H3;2*1H2,2-3H3;1H3;/q;;3*-1;. The Balaban J connectivity index is -0.000000145. The van der Waals surface area contributed by atoms with E-state index in [2.05, 4.69) is 23.9 Å². The molecule has 0 saturated carbocycles. The van der Waals surface area contributed by atoms with Crippen molar-refractivity contribution in [3.8, 4) is 0 Å². The van der Waals surface area contributed by atoms with Gasteiger partial charge in [0.15, 0.2) is 5.78 Å². The zero-order valence-corrected chi connectivity index (χ0v) is 24.5. The summed E-state index contributed by atoms with van der Waals surface area (Å²) in [5.74, 6) is 0.0787. The zero-order valence-electron chi connectivity index (χ0n) is 23.2. The SMILES string of the molecule is CN(C)C.[B]c1c(CN(C)C)cc(C(C)=O)cc1CN(C)C.[CH2-]N(C)C.[CH2-]N(C)C.[CH3-].[V]. The summed E-state index contributed by atoms with van der Waals surface area (Å²) in [5.41, 5.74) is 3.56. The van der Waals surface area contributed by atoms with Crippen molar-refractivity contribution in [1.82, 2.24) is 24.5 Å². The fourth-order valence-electron chi connectivity index (χ4n) is 1.93. The number of nitrogens with zero attached hydrogens (tertiary/aromatic N) is 5. The number of rotatable bonds is 5. The van der Waals surface area contributed by atoms with Crippen molar-refractivity contribution in [3.05, 3.63) is 50.3 Å². The van der Waals surface area contributed by atoms with Gasteiger partial charge < -0.3 is 31.9 Å². The maximum Gasteiger partial charge on any atom is 0.159 e. The van der Waals surface area contributed by atoms with E-state index in [1.165, 1.54) is 0 Å². The van der Waals surface area contributed by atoms with Gasteiger partial charge in [-0.2, -0.15) is 0 Å². The van der Waals surface area contributed by atoms with Crippen LogP contribution in [-0.4, -0.2) is 116 Å². The third-order valence-corrected chi connectivity index (χ3v) is 2.73. The third-order valence-electron chi connectivity index (χ3n) is 2.73. The molecule has 1 aromatic carbocycles. The number of benzene rings is 1. The van der Waals surface area contributed by atoms with Gasteiger partial charge in [-0.1, -0.05) is 5.46 Å². The number of hydrogen-bond acceptors (Lipinski definition) is 6. The van der Waals surface area contributed by atoms with Gasteiger partial charge in [0.25, 0.3) is 0 Å². The largest absolute Gasteiger partial charge is 0.464 e. The minimum Gasteiger partial charge on any atom is -0.464 e. The first kappa shape index (κ1) is 41.6. The van der Waals surface area contributed by atoms with E-state index in [9.17, 15) is 4.79 Å². The van der Waals surface area contributed by atoms with Gasteiger partial charge in [0, 0.05) is 37.2 Å². The van der Waals surface area contributed by atoms with Gasteiger partial charge in [-0.05, 0) is 108 Å². The Labute approximate surface area is 214 Å². The average molecular weight is 485 g/mol. The molecule has 0 bridgehead atoms. The van der Waals surface area contributed by atoms with E-state index in [0.29, 0.717) is 0 Å². The molecule has 1 aromatic rings. The number of hydrogen-bond donors (Lipinski definition) is 0. The predicted octanol–water partition coefficient (Wildman–Crippen LogP) is 2.11. The van der Waals surface area contributed by atoms with Gasteiger partial charge in [0.05, 0.1) is 0 Å². The molecule has 0 fully saturated rings. The molecule has 6 nitrogen and oxygen atoms in total. The summed E-state index contributed by atoms with van der Waals surface area (Å²) in [7, 11) is 34.7. The van der Waals surface area contributed by atoms with Crippen LogP contribution in [0.15, 0.2) is 12.1 Å². The summed E-state index contributed by atoms with van der Waals surface area (Å²) < 4.78 is 0. The fourth-order valence-corrected chi connectivity index (χ4v) is 1.93. The summed E-state index contributed by atoms with van der Waals surface area (Å²) in [6.45, 7) is 3.07. The summed E-state index contributed by atoms with van der Waals surface area (Å²) >= 11 is 0. The quantitative estimate of drug-likeness (QED) is 0.361. The van der Waals surface area contributed by atoms with E-state index in [0.717, 1.165) is 35.2 Å². The van der Waals surface area contributed by atoms with Crippen molar-refractivity contribution in [3.63, 3.8) is 0 Å². The molecule has 187 valence electrons. The predicted molar refractivity (Wildman–Crippen MR) is 141 cm³/mol. The van der Waals surface area contributed by atoms with Gasteiger partial charge >= 0.3 is 0 Å². The average Bonchev–Trinajstić information content (AvgIpc) is 2.48. The Hall–Kier alpha value is -0.661. The van der Waals surface area contributed by atoms with Crippen molar-refractivity contribution in [2.75, 3.05) is 77.5 Å². The molecule has 0 amide bonds. The van der Waals surface area contributed by atoms with Crippen LogP contribution < -0.4 is 5.46 Å². The Kier molecular flexibility index (Phi) is 30.5. The molecule has 0 spiro atoms. The first-order chi connectivity index (χ1) is 13.5. The van der Waals surface area contributed by atoms with E-state index in [-0.39, 0.29) is 31.8 Å². The van der Waals surface area contributed by atoms with Crippen LogP contribution in [0, 0.1) is 21.5 Å². The molecule has 0 unspecified atom stereocenters. The molecule has 0 aliphatic rings. The second-order valence-corrected chi connectivity index (χ2v) is 8.74. The zero-order chi connectivity index (χ0) is 24.6. The number of ketones is 1. The van der Waals surface area contributed by atoms with E-state index >= 15 is 0 Å². The molecule has 8 heteroatoms. The molecule has 0 saturated heterocycles. The van der Waals surface area contributed by atoms with Crippen LogP contribution in [0.5, 0.6) is 0 Å². The summed E-state index contributed by atoms with van der Waals surface area (Å²) in [6, 6.07) is 3.80. The maximum absolute atomic E-state index is 11.6. The second-order valence-electron chi connectivity index (χ2n) is 8.74. The van der Waals surface area contributed by atoms with Crippen LogP contribution in [0.4, 0.5) is 0 Å². The normalized spacial score (nSPS) is 9.72. The van der Waals surface area contributed by atoms with Crippen LogP contribution in [0.25, 0.3) is 0 Å². The topological polar surface area (TPSA) is 33.3 Å². The van der Waals surface area contributed by atoms with Crippen molar-refractivity contribution >= 4 is 19.1 Å². The smallest absolute Gasteiger partial charge is 0.159 e. The maximum atomic E-state index is 11.6. The molecule has 32 heavy (non-hydrogen) atoms. The van der Waals surface area contributed by atoms with E-state index in [1.54, 1.807) is 16.7 Å². The van der Waals surface area contributed by atoms with Crippen LogP contribution in [0.2, 0.25) is 0 Å².